The van der Waals surface area contributed by atoms with Gasteiger partial charge in [0.2, 0.25) is 0 Å². The Balaban J connectivity index is 2.19. The number of anilines is 1. The van der Waals surface area contributed by atoms with Crippen molar-refractivity contribution in [2.75, 3.05) is 24.6 Å². The zero-order valence-corrected chi connectivity index (χ0v) is 11.6. The molecule has 0 aliphatic carbocycles. The van der Waals surface area contributed by atoms with Crippen molar-refractivity contribution in [3.63, 3.8) is 0 Å². The average molecular weight is 305 g/mol. The molecule has 0 aromatic heterocycles. The Bertz CT molecular complexity index is 372. The van der Waals surface area contributed by atoms with Gasteiger partial charge in [0.15, 0.2) is 0 Å². The van der Waals surface area contributed by atoms with Crippen LogP contribution in [-0.4, -0.2) is 25.8 Å². The lowest BCUT2D eigenvalue weighted by Gasteiger charge is -2.33. The van der Waals surface area contributed by atoms with Gasteiger partial charge in [-0.05, 0) is 24.6 Å². The van der Waals surface area contributed by atoms with E-state index in [1.165, 1.54) is 5.56 Å². The van der Waals surface area contributed by atoms with Crippen LogP contribution in [0.15, 0.2) is 18.2 Å². The molecule has 0 saturated carbocycles. The summed E-state index contributed by atoms with van der Waals surface area (Å²) in [6.45, 7) is 4.69. The molecule has 1 atom stereocenters. The Hall–Kier alpha value is -0.250. The molecule has 1 unspecified atom stereocenters. The summed E-state index contributed by atoms with van der Waals surface area (Å²) < 4.78 is 5.52. The van der Waals surface area contributed by atoms with E-state index < -0.39 is 0 Å². The molecule has 0 radical (unpaired) electrons. The summed E-state index contributed by atoms with van der Waals surface area (Å²) in [5.74, 6) is 0. The standard InChI is InChI=1S/C12H15BrClNO/c1-9-8-15(4-5-16-9)12-3-2-10(7-13)6-11(12)14/h2-3,6,9H,4-5,7-8H2,1H3. The fraction of sp³-hybridized carbons (Fsp3) is 0.500. The van der Waals surface area contributed by atoms with Crippen LogP contribution in [0.3, 0.4) is 0 Å². The maximum absolute atomic E-state index is 6.29. The van der Waals surface area contributed by atoms with Gasteiger partial charge < -0.3 is 9.64 Å². The van der Waals surface area contributed by atoms with E-state index in [1.807, 2.05) is 6.07 Å². The smallest absolute Gasteiger partial charge is 0.0722 e. The molecule has 1 aliphatic heterocycles. The minimum atomic E-state index is 0.278. The molecule has 1 aromatic carbocycles. The summed E-state index contributed by atoms with van der Waals surface area (Å²) in [5, 5.41) is 1.66. The number of rotatable bonds is 2. The topological polar surface area (TPSA) is 12.5 Å². The Kier molecular flexibility index (Phi) is 4.11. The number of halogens is 2. The Morgan fingerprint density at radius 1 is 1.56 bits per heavy atom. The molecular formula is C12H15BrClNO. The zero-order valence-electron chi connectivity index (χ0n) is 9.25. The van der Waals surface area contributed by atoms with Crippen LogP contribution in [0.4, 0.5) is 5.69 Å². The fourth-order valence-corrected chi connectivity index (χ4v) is 2.60. The molecule has 1 fully saturated rings. The Morgan fingerprint density at radius 3 is 3.00 bits per heavy atom. The minimum Gasteiger partial charge on any atom is -0.375 e. The first-order chi connectivity index (χ1) is 7.70. The maximum Gasteiger partial charge on any atom is 0.0722 e. The predicted octanol–water partition coefficient (Wildman–Crippen LogP) is 3.46. The first kappa shape index (κ1) is 12.2. The first-order valence-electron chi connectivity index (χ1n) is 5.41. The van der Waals surface area contributed by atoms with Crippen molar-refractivity contribution >= 4 is 33.2 Å². The van der Waals surface area contributed by atoms with Gasteiger partial charge >= 0.3 is 0 Å². The molecule has 1 aliphatic rings. The molecular weight excluding hydrogens is 289 g/mol. The van der Waals surface area contributed by atoms with Crippen molar-refractivity contribution in [3.8, 4) is 0 Å². The van der Waals surface area contributed by atoms with Gasteiger partial charge in [-0.25, -0.2) is 0 Å². The molecule has 16 heavy (non-hydrogen) atoms. The van der Waals surface area contributed by atoms with Crippen LogP contribution in [0.5, 0.6) is 0 Å². The third-order valence-corrected chi connectivity index (χ3v) is 3.70. The first-order valence-corrected chi connectivity index (χ1v) is 6.91. The third kappa shape index (κ3) is 2.70. The van der Waals surface area contributed by atoms with E-state index in [-0.39, 0.29) is 6.10 Å². The van der Waals surface area contributed by atoms with E-state index in [2.05, 4.69) is 39.9 Å². The summed E-state index contributed by atoms with van der Waals surface area (Å²) in [6, 6.07) is 6.22. The van der Waals surface area contributed by atoms with Gasteiger partial charge in [0.25, 0.3) is 0 Å². The van der Waals surface area contributed by atoms with Gasteiger partial charge in [0.1, 0.15) is 0 Å². The second kappa shape index (κ2) is 5.39. The summed E-state index contributed by atoms with van der Waals surface area (Å²) in [4.78, 5) is 2.29. The van der Waals surface area contributed by atoms with Gasteiger partial charge in [-0.3, -0.25) is 0 Å². The van der Waals surface area contributed by atoms with E-state index in [1.54, 1.807) is 0 Å². The molecule has 0 amide bonds. The van der Waals surface area contributed by atoms with E-state index in [9.17, 15) is 0 Å². The van der Waals surface area contributed by atoms with Crippen molar-refractivity contribution in [2.24, 2.45) is 0 Å². The summed E-state index contributed by atoms with van der Waals surface area (Å²) in [7, 11) is 0. The lowest BCUT2D eigenvalue weighted by atomic mass is 10.2. The second-order valence-electron chi connectivity index (χ2n) is 4.05. The largest absolute Gasteiger partial charge is 0.375 e. The van der Waals surface area contributed by atoms with Crippen LogP contribution < -0.4 is 4.90 Å². The Labute approximate surface area is 110 Å². The van der Waals surface area contributed by atoms with E-state index in [0.717, 1.165) is 35.7 Å². The minimum absolute atomic E-state index is 0.278. The lowest BCUT2D eigenvalue weighted by Crippen LogP contribution is -2.41. The van der Waals surface area contributed by atoms with Crippen molar-refractivity contribution < 1.29 is 4.74 Å². The van der Waals surface area contributed by atoms with Crippen LogP contribution >= 0.6 is 27.5 Å². The number of benzene rings is 1. The predicted molar refractivity (Wildman–Crippen MR) is 71.7 cm³/mol. The fourth-order valence-electron chi connectivity index (χ4n) is 1.93. The average Bonchev–Trinajstić information content (AvgIpc) is 2.28. The Morgan fingerprint density at radius 2 is 2.38 bits per heavy atom. The second-order valence-corrected chi connectivity index (χ2v) is 5.01. The van der Waals surface area contributed by atoms with Crippen LogP contribution in [-0.2, 0) is 10.1 Å². The molecule has 1 saturated heterocycles. The van der Waals surface area contributed by atoms with Crippen LogP contribution in [0.1, 0.15) is 12.5 Å². The third-order valence-electron chi connectivity index (χ3n) is 2.75. The molecule has 88 valence electrons. The number of morpholine rings is 1. The van der Waals surface area contributed by atoms with Gasteiger partial charge in [-0.15, -0.1) is 0 Å². The van der Waals surface area contributed by atoms with Gasteiger partial charge in [0.05, 0.1) is 23.4 Å². The summed E-state index contributed by atoms with van der Waals surface area (Å²) in [6.07, 6.45) is 0.278. The van der Waals surface area contributed by atoms with Gasteiger partial charge in [-0.1, -0.05) is 33.6 Å². The maximum atomic E-state index is 6.29. The number of ether oxygens (including phenoxy) is 1. The van der Waals surface area contributed by atoms with Gasteiger partial charge in [0, 0.05) is 18.4 Å². The highest BCUT2D eigenvalue weighted by atomic mass is 79.9. The number of nitrogens with zero attached hydrogens (tertiary/aromatic N) is 1. The molecule has 2 rings (SSSR count). The van der Waals surface area contributed by atoms with Crippen LogP contribution in [0.2, 0.25) is 5.02 Å². The zero-order chi connectivity index (χ0) is 11.5. The summed E-state index contributed by atoms with van der Waals surface area (Å²) in [5.41, 5.74) is 2.32. The monoisotopic (exact) mass is 303 g/mol. The van der Waals surface area contributed by atoms with Crippen molar-refractivity contribution in [2.45, 2.75) is 18.4 Å². The van der Waals surface area contributed by atoms with Crippen LogP contribution in [0, 0.1) is 0 Å². The van der Waals surface area contributed by atoms with Gasteiger partial charge in [-0.2, -0.15) is 0 Å². The lowest BCUT2D eigenvalue weighted by molar-refractivity contribution is 0.0532. The van der Waals surface area contributed by atoms with Crippen LogP contribution in [0.25, 0.3) is 0 Å². The SMILES string of the molecule is CC1CN(c2ccc(CBr)cc2Cl)CCO1. The number of hydrogen-bond acceptors (Lipinski definition) is 2. The van der Waals surface area contributed by atoms with E-state index in [0.29, 0.717) is 0 Å². The molecule has 0 N–H and O–H groups in total. The van der Waals surface area contributed by atoms with E-state index in [4.69, 9.17) is 16.3 Å². The number of alkyl halides is 1. The summed E-state index contributed by atoms with van der Waals surface area (Å²) >= 11 is 9.72. The van der Waals surface area contributed by atoms with E-state index >= 15 is 0 Å². The highest BCUT2D eigenvalue weighted by molar-refractivity contribution is 9.08. The quantitative estimate of drug-likeness (QED) is 0.776. The molecule has 0 spiro atoms. The normalized spacial score (nSPS) is 21.2. The molecule has 1 heterocycles. The van der Waals surface area contributed by atoms with Crippen molar-refractivity contribution in [1.82, 2.24) is 0 Å². The van der Waals surface area contributed by atoms with Crippen molar-refractivity contribution in [1.29, 1.82) is 0 Å². The number of hydrogen-bond donors (Lipinski definition) is 0. The molecule has 0 bridgehead atoms. The highest BCUT2D eigenvalue weighted by Crippen LogP contribution is 2.28. The van der Waals surface area contributed by atoms with Crippen molar-refractivity contribution in [3.05, 3.63) is 28.8 Å². The molecule has 2 nitrogen and oxygen atoms in total. The molecule has 4 heteroatoms. The molecule has 1 aromatic rings. The highest BCUT2D eigenvalue weighted by Gasteiger charge is 2.18.